The standard InChI is InChI=1S/C20H12FN3O/c21-14-5-6-15-13(10-23-19(15)8-14)7-12(9-22)20(25)17-11-24-18-4-2-1-3-16(17)18/h1-8,10-11,23-24H/b12-7+. The van der Waals surface area contributed by atoms with E-state index in [2.05, 4.69) is 9.97 Å². The highest BCUT2D eigenvalue weighted by atomic mass is 19.1. The molecular formula is C20H12FN3O. The summed E-state index contributed by atoms with van der Waals surface area (Å²) in [6, 6.07) is 13.8. The molecule has 4 nitrogen and oxygen atoms in total. The zero-order chi connectivity index (χ0) is 17.4. The molecule has 25 heavy (non-hydrogen) atoms. The fraction of sp³-hybridized carbons (Fsp3) is 0. The van der Waals surface area contributed by atoms with Crippen molar-refractivity contribution in [3.05, 3.63) is 77.4 Å². The summed E-state index contributed by atoms with van der Waals surface area (Å²) in [6.45, 7) is 0. The molecule has 0 aliphatic heterocycles. The van der Waals surface area contributed by atoms with Crippen LogP contribution in [-0.4, -0.2) is 15.8 Å². The molecule has 0 bridgehead atoms. The normalized spacial score (nSPS) is 11.8. The molecule has 0 atom stereocenters. The number of halogens is 1. The van der Waals surface area contributed by atoms with E-state index in [9.17, 15) is 14.4 Å². The van der Waals surface area contributed by atoms with Crippen molar-refractivity contribution in [2.24, 2.45) is 0 Å². The average Bonchev–Trinajstić information content (AvgIpc) is 3.22. The van der Waals surface area contributed by atoms with Crippen LogP contribution in [0.15, 0.2) is 60.4 Å². The number of nitrogens with zero attached hydrogens (tertiary/aromatic N) is 1. The summed E-state index contributed by atoms with van der Waals surface area (Å²) < 4.78 is 13.3. The number of allylic oxidation sites excluding steroid dienone is 1. The summed E-state index contributed by atoms with van der Waals surface area (Å²) in [4.78, 5) is 18.8. The van der Waals surface area contributed by atoms with Gasteiger partial charge in [-0.05, 0) is 30.3 Å². The number of aromatic amines is 2. The van der Waals surface area contributed by atoms with Crippen molar-refractivity contribution in [3.63, 3.8) is 0 Å². The van der Waals surface area contributed by atoms with Crippen molar-refractivity contribution in [1.82, 2.24) is 9.97 Å². The van der Waals surface area contributed by atoms with E-state index in [0.717, 1.165) is 16.3 Å². The summed E-state index contributed by atoms with van der Waals surface area (Å²) in [6.07, 6.45) is 4.80. The molecular weight excluding hydrogens is 317 g/mol. The van der Waals surface area contributed by atoms with Crippen molar-refractivity contribution in [3.8, 4) is 6.07 Å². The monoisotopic (exact) mass is 329 g/mol. The van der Waals surface area contributed by atoms with Crippen LogP contribution in [0.5, 0.6) is 0 Å². The molecule has 0 radical (unpaired) electrons. The van der Waals surface area contributed by atoms with Crippen LogP contribution >= 0.6 is 0 Å². The predicted octanol–water partition coefficient (Wildman–Crippen LogP) is 4.58. The van der Waals surface area contributed by atoms with E-state index < -0.39 is 0 Å². The number of fused-ring (bicyclic) bond motifs is 2. The molecule has 0 amide bonds. The lowest BCUT2D eigenvalue weighted by Gasteiger charge is -1.98. The van der Waals surface area contributed by atoms with Crippen LogP contribution in [0.25, 0.3) is 27.9 Å². The smallest absolute Gasteiger partial charge is 0.205 e. The van der Waals surface area contributed by atoms with Gasteiger partial charge in [0.1, 0.15) is 17.5 Å². The van der Waals surface area contributed by atoms with E-state index in [1.54, 1.807) is 18.5 Å². The largest absolute Gasteiger partial charge is 0.360 e. The molecule has 0 spiro atoms. The lowest BCUT2D eigenvalue weighted by atomic mass is 10.0. The number of aromatic nitrogens is 2. The zero-order valence-electron chi connectivity index (χ0n) is 13.0. The molecule has 0 fully saturated rings. The molecule has 5 heteroatoms. The van der Waals surface area contributed by atoms with Crippen molar-refractivity contribution in [2.75, 3.05) is 0 Å². The van der Waals surface area contributed by atoms with Gasteiger partial charge in [-0.2, -0.15) is 5.26 Å². The predicted molar refractivity (Wildman–Crippen MR) is 94.5 cm³/mol. The summed E-state index contributed by atoms with van der Waals surface area (Å²) in [5.41, 5.74) is 2.60. The Labute approximate surface area is 142 Å². The second-order valence-corrected chi connectivity index (χ2v) is 5.68. The first-order valence-corrected chi connectivity index (χ1v) is 7.66. The van der Waals surface area contributed by atoms with E-state index in [0.29, 0.717) is 16.6 Å². The maximum absolute atomic E-state index is 13.3. The number of benzene rings is 2. The maximum Gasteiger partial charge on any atom is 0.205 e. The Bertz CT molecular complexity index is 1190. The van der Waals surface area contributed by atoms with Crippen molar-refractivity contribution in [1.29, 1.82) is 5.26 Å². The maximum atomic E-state index is 13.3. The van der Waals surface area contributed by atoms with Crippen LogP contribution in [0, 0.1) is 17.1 Å². The van der Waals surface area contributed by atoms with E-state index >= 15 is 0 Å². The van der Waals surface area contributed by atoms with E-state index in [1.807, 2.05) is 30.3 Å². The fourth-order valence-electron chi connectivity index (χ4n) is 2.95. The number of rotatable bonds is 3. The first kappa shape index (κ1) is 14.9. The Morgan fingerprint density at radius 2 is 1.84 bits per heavy atom. The molecule has 2 aromatic carbocycles. The number of nitriles is 1. The Kier molecular flexibility index (Phi) is 3.44. The summed E-state index contributed by atoms with van der Waals surface area (Å²) in [7, 11) is 0. The summed E-state index contributed by atoms with van der Waals surface area (Å²) in [5, 5.41) is 11.0. The van der Waals surface area contributed by atoms with Gasteiger partial charge in [-0.1, -0.05) is 18.2 Å². The van der Waals surface area contributed by atoms with Gasteiger partial charge < -0.3 is 9.97 Å². The number of Topliss-reactive ketones (excluding diaryl/α,β-unsaturated/α-hetero) is 1. The van der Waals surface area contributed by atoms with Gasteiger partial charge in [0.2, 0.25) is 5.78 Å². The van der Waals surface area contributed by atoms with Crippen LogP contribution in [0.4, 0.5) is 4.39 Å². The summed E-state index contributed by atoms with van der Waals surface area (Å²) in [5.74, 6) is -0.698. The van der Waals surface area contributed by atoms with Gasteiger partial charge >= 0.3 is 0 Å². The quantitative estimate of drug-likeness (QED) is 0.328. The number of hydrogen-bond donors (Lipinski definition) is 2. The minimum absolute atomic E-state index is 0.0231. The topological polar surface area (TPSA) is 72.4 Å². The van der Waals surface area contributed by atoms with Gasteiger partial charge in [-0.25, -0.2) is 4.39 Å². The third-order valence-electron chi connectivity index (χ3n) is 4.17. The second kappa shape index (κ2) is 5.77. The highest BCUT2D eigenvalue weighted by molar-refractivity contribution is 6.20. The minimum Gasteiger partial charge on any atom is -0.360 e. The number of hydrogen-bond acceptors (Lipinski definition) is 2. The number of ketones is 1. The lowest BCUT2D eigenvalue weighted by Crippen LogP contribution is -2.00. The molecule has 4 rings (SSSR count). The summed E-state index contributed by atoms with van der Waals surface area (Å²) >= 11 is 0. The first-order valence-electron chi connectivity index (χ1n) is 7.66. The Morgan fingerprint density at radius 1 is 1.04 bits per heavy atom. The van der Waals surface area contributed by atoms with Gasteiger partial charge in [-0.15, -0.1) is 0 Å². The van der Waals surface area contributed by atoms with Gasteiger partial charge in [0.05, 0.1) is 0 Å². The van der Waals surface area contributed by atoms with Crippen molar-refractivity contribution >= 4 is 33.7 Å². The number of H-pyrrole nitrogens is 2. The van der Waals surface area contributed by atoms with E-state index in [4.69, 9.17) is 0 Å². The Hall–Kier alpha value is -3.65. The second-order valence-electron chi connectivity index (χ2n) is 5.68. The van der Waals surface area contributed by atoms with Gasteiger partial charge in [0, 0.05) is 45.3 Å². The highest BCUT2D eigenvalue weighted by Gasteiger charge is 2.17. The third-order valence-corrected chi connectivity index (χ3v) is 4.17. The van der Waals surface area contributed by atoms with Crippen molar-refractivity contribution in [2.45, 2.75) is 0 Å². The number of nitrogens with one attached hydrogen (secondary N) is 2. The van der Waals surface area contributed by atoms with Crippen LogP contribution in [0.1, 0.15) is 15.9 Å². The molecule has 0 aliphatic carbocycles. The van der Waals surface area contributed by atoms with Crippen LogP contribution in [-0.2, 0) is 0 Å². The molecule has 120 valence electrons. The van der Waals surface area contributed by atoms with Crippen molar-refractivity contribution < 1.29 is 9.18 Å². The van der Waals surface area contributed by atoms with E-state index in [-0.39, 0.29) is 17.2 Å². The fourth-order valence-corrected chi connectivity index (χ4v) is 2.95. The number of carbonyl (C=O) groups is 1. The zero-order valence-corrected chi connectivity index (χ0v) is 13.0. The molecule has 0 unspecified atom stereocenters. The van der Waals surface area contributed by atoms with E-state index in [1.165, 1.54) is 18.2 Å². The van der Waals surface area contributed by atoms with Gasteiger partial charge in [0.25, 0.3) is 0 Å². The molecule has 0 aliphatic rings. The van der Waals surface area contributed by atoms with Crippen LogP contribution in [0.3, 0.4) is 0 Å². The third kappa shape index (κ3) is 2.50. The highest BCUT2D eigenvalue weighted by Crippen LogP contribution is 2.24. The van der Waals surface area contributed by atoms with Gasteiger partial charge in [-0.3, -0.25) is 4.79 Å². The molecule has 2 aromatic heterocycles. The van der Waals surface area contributed by atoms with Crippen LogP contribution < -0.4 is 0 Å². The number of carbonyl (C=O) groups excluding carboxylic acids is 1. The first-order chi connectivity index (χ1) is 12.2. The molecule has 0 saturated heterocycles. The Balaban J connectivity index is 1.80. The van der Waals surface area contributed by atoms with Crippen LogP contribution in [0.2, 0.25) is 0 Å². The minimum atomic E-state index is -0.351. The molecule has 0 saturated carbocycles. The van der Waals surface area contributed by atoms with Gasteiger partial charge in [0.15, 0.2) is 0 Å². The number of para-hydroxylation sites is 1. The average molecular weight is 329 g/mol. The molecule has 2 heterocycles. The molecule has 2 N–H and O–H groups in total. The Morgan fingerprint density at radius 3 is 2.68 bits per heavy atom. The molecule has 4 aromatic rings. The SMILES string of the molecule is N#C/C(=C\c1c[nH]c2cc(F)ccc12)C(=O)c1c[nH]c2ccccc12. The lowest BCUT2D eigenvalue weighted by molar-refractivity contribution is 0.104.